The number of anilines is 1. The van der Waals surface area contributed by atoms with Gasteiger partial charge in [-0.05, 0) is 32.4 Å². The summed E-state index contributed by atoms with van der Waals surface area (Å²) in [7, 11) is 1.26. The molecular weight excluding hydrogens is 326 g/mol. The van der Waals surface area contributed by atoms with Crippen molar-refractivity contribution in [3.8, 4) is 5.75 Å². The fourth-order valence-corrected chi connectivity index (χ4v) is 2.44. The molecule has 0 saturated carbocycles. The van der Waals surface area contributed by atoms with Gasteiger partial charge in [0.05, 0.1) is 20.0 Å². The van der Waals surface area contributed by atoms with Crippen LogP contribution in [-0.2, 0) is 30.3 Å². The van der Waals surface area contributed by atoms with Crippen molar-refractivity contribution in [2.45, 2.75) is 39.2 Å². The number of rotatable bonds is 6. The summed E-state index contributed by atoms with van der Waals surface area (Å²) in [4.78, 5) is 35.2. The molecule has 1 aromatic rings. The molecule has 1 unspecified atom stereocenters. The molecule has 1 N–H and O–H groups in total. The van der Waals surface area contributed by atoms with Crippen LogP contribution in [-0.4, -0.2) is 37.2 Å². The molecule has 7 heteroatoms. The number of methoxy groups -OCH3 is 1. The van der Waals surface area contributed by atoms with Gasteiger partial charge in [-0.15, -0.1) is 0 Å². The van der Waals surface area contributed by atoms with Gasteiger partial charge in [0.2, 0.25) is 5.91 Å². The molecule has 0 fully saturated rings. The molecule has 1 amide bonds. The number of carbonyl (C=O) groups excluding carboxylic acids is 3. The number of ether oxygens (including phenoxy) is 3. The molecule has 136 valence electrons. The van der Waals surface area contributed by atoms with Gasteiger partial charge in [0.15, 0.2) is 0 Å². The third-order valence-electron chi connectivity index (χ3n) is 3.53. The van der Waals surface area contributed by atoms with Gasteiger partial charge in [0.1, 0.15) is 23.9 Å². The zero-order valence-electron chi connectivity index (χ0n) is 14.9. The van der Waals surface area contributed by atoms with E-state index in [2.05, 4.69) is 5.32 Å². The van der Waals surface area contributed by atoms with E-state index in [0.29, 0.717) is 17.9 Å². The molecule has 1 aromatic carbocycles. The Hall–Kier alpha value is -2.57. The lowest BCUT2D eigenvalue weighted by Crippen LogP contribution is -2.30. The lowest BCUT2D eigenvalue weighted by Gasteiger charge is -2.21. The first-order chi connectivity index (χ1) is 11.7. The predicted octanol–water partition coefficient (Wildman–Crippen LogP) is 2.08. The Bertz CT molecular complexity index is 677. The molecule has 0 bridgehead atoms. The maximum atomic E-state index is 12.0. The number of nitrogens with one attached hydrogen (secondary N) is 1. The fraction of sp³-hybridized carbons (Fsp3) is 0.500. The molecule has 0 aromatic heterocycles. The summed E-state index contributed by atoms with van der Waals surface area (Å²) >= 11 is 0. The normalized spacial score (nSPS) is 14.3. The number of esters is 2. The highest BCUT2D eigenvalue weighted by molar-refractivity contribution is 5.99. The topological polar surface area (TPSA) is 90.9 Å². The van der Waals surface area contributed by atoms with Gasteiger partial charge in [-0.1, -0.05) is 6.07 Å². The second kappa shape index (κ2) is 7.55. The lowest BCUT2D eigenvalue weighted by molar-refractivity contribution is -0.161. The molecule has 7 nitrogen and oxygen atoms in total. The molecule has 1 heterocycles. The average molecular weight is 349 g/mol. The molecule has 1 aliphatic heterocycles. The smallest absolute Gasteiger partial charge is 0.312 e. The molecule has 25 heavy (non-hydrogen) atoms. The Kier molecular flexibility index (Phi) is 5.66. The van der Waals surface area contributed by atoms with Crippen LogP contribution in [0, 0.1) is 5.92 Å². The van der Waals surface area contributed by atoms with E-state index in [1.54, 1.807) is 39.0 Å². The molecule has 1 atom stereocenters. The van der Waals surface area contributed by atoms with Crippen molar-refractivity contribution < 1.29 is 28.6 Å². The summed E-state index contributed by atoms with van der Waals surface area (Å²) < 4.78 is 15.6. The summed E-state index contributed by atoms with van der Waals surface area (Å²) in [5, 5.41) is 2.73. The van der Waals surface area contributed by atoms with Crippen LogP contribution in [0.3, 0.4) is 0 Å². The molecular formula is C18H23NO6. The largest absolute Gasteiger partial charge is 0.493 e. The van der Waals surface area contributed by atoms with E-state index in [1.807, 2.05) is 0 Å². The predicted molar refractivity (Wildman–Crippen MR) is 90.2 cm³/mol. The van der Waals surface area contributed by atoms with Crippen molar-refractivity contribution in [3.05, 3.63) is 23.8 Å². The van der Waals surface area contributed by atoms with E-state index < -0.39 is 23.5 Å². The van der Waals surface area contributed by atoms with Crippen LogP contribution < -0.4 is 10.1 Å². The second-order valence-corrected chi connectivity index (χ2v) is 6.87. The van der Waals surface area contributed by atoms with Crippen molar-refractivity contribution in [2.75, 3.05) is 19.0 Å². The fourth-order valence-electron chi connectivity index (χ4n) is 2.44. The first-order valence-electron chi connectivity index (χ1n) is 8.03. The number of amides is 1. The van der Waals surface area contributed by atoms with E-state index in [0.717, 1.165) is 5.56 Å². The van der Waals surface area contributed by atoms with Gasteiger partial charge >= 0.3 is 11.9 Å². The number of hydrogen-bond acceptors (Lipinski definition) is 6. The van der Waals surface area contributed by atoms with E-state index in [9.17, 15) is 14.4 Å². The molecule has 2 rings (SSSR count). The van der Waals surface area contributed by atoms with Crippen LogP contribution in [0.4, 0.5) is 5.69 Å². The quantitative estimate of drug-likeness (QED) is 0.791. The van der Waals surface area contributed by atoms with Crippen molar-refractivity contribution in [3.63, 3.8) is 0 Å². The van der Waals surface area contributed by atoms with Gasteiger partial charge in [-0.3, -0.25) is 14.4 Å². The van der Waals surface area contributed by atoms with Crippen molar-refractivity contribution in [1.82, 2.24) is 0 Å². The van der Waals surface area contributed by atoms with Crippen molar-refractivity contribution in [2.24, 2.45) is 5.92 Å². The van der Waals surface area contributed by atoms with Crippen molar-refractivity contribution >= 4 is 23.5 Å². The maximum Gasteiger partial charge on any atom is 0.312 e. The van der Waals surface area contributed by atoms with Crippen LogP contribution in [0.25, 0.3) is 0 Å². The first kappa shape index (κ1) is 18.8. The lowest BCUT2D eigenvalue weighted by atomic mass is 10.1. The molecule has 0 aliphatic carbocycles. The molecule has 0 spiro atoms. The van der Waals surface area contributed by atoms with Gasteiger partial charge in [-0.2, -0.15) is 0 Å². The van der Waals surface area contributed by atoms with E-state index >= 15 is 0 Å². The third-order valence-corrected chi connectivity index (χ3v) is 3.53. The number of benzene rings is 1. The highest BCUT2D eigenvalue weighted by atomic mass is 16.6. The van der Waals surface area contributed by atoms with Crippen LogP contribution in [0.15, 0.2) is 18.2 Å². The summed E-state index contributed by atoms with van der Waals surface area (Å²) in [6, 6.07) is 5.21. The summed E-state index contributed by atoms with van der Waals surface area (Å²) in [5.74, 6) is -1.38. The Balaban J connectivity index is 1.98. The van der Waals surface area contributed by atoms with E-state index in [4.69, 9.17) is 14.2 Å². The summed E-state index contributed by atoms with van der Waals surface area (Å²) in [6.07, 6.45) is 0.213. The zero-order valence-corrected chi connectivity index (χ0v) is 14.9. The van der Waals surface area contributed by atoms with Gasteiger partial charge in [0, 0.05) is 11.8 Å². The van der Waals surface area contributed by atoms with Crippen molar-refractivity contribution in [1.29, 1.82) is 0 Å². The van der Waals surface area contributed by atoms with Crippen LogP contribution >= 0.6 is 0 Å². The van der Waals surface area contributed by atoms with Crippen LogP contribution in [0.2, 0.25) is 0 Å². The Morgan fingerprint density at radius 1 is 1.28 bits per heavy atom. The summed E-state index contributed by atoms with van der Waals surface area (Å²) in [5.41, 5.74) is 0.969. The van der Waals surface area contributed by atoms with E-state index in [1.165, 1.54) is 7.11 Å². The van der Waals surface area contributed by atoms with Gasteiger partial charge in [-0.25, -0.2) is 0 Å². The zero-order chi connectivity index (χ0) is 18.6. The SMILES string of the molecule is COC(=O)C(COc1ccc2c(c1)NC(=O)C2)CC(=O)OC(C)(C)C. The number of fused-ring (bicyclic) bond motifs is 1. The highest BCUT2D eigenvalue weighted by Gasteiger charge is 2.27. The number of carbonyl (C=O) groups is 3. The second-order valence-electron chi connectivity index (χ2n) is 6.87. The minimum Gasteiger partial charge on any atom is -0.493 e. The average Bonchev–Trinajstić information content (AvgIpc) is 2.88. The van der Waals surface area contributed by atoms with Crippen LogP contribution in [0.1, 0.15) is 32.8 Å². The highest BCUT2D eigenvalue weighted by Crippen LogP contribution is 2.28. The van der Waals surface area contributed by atoms with Gasteiger partial charge in [0.25, 0.3) is 0 Å². The monoisotopic (exact) mass is 349 g/mol. The minimum atomic E-state index is -0.775. The minimum absolute atomic E-state index is 0.0291. The molecule has 0 saturated heterocycles. The third kappa shape index (κ3) is 5.48. The Morgan fingerprint density at radius 2 is 2.00 bits per heavy atom. The molecule has 1 aliphatic rings. The summed E-state index contributed by atoms with van der Waals surface area (Å²) in [6.45, 7) is 5.24. The standard InChI is InChI=1S/C18H23NO6/c1-18(2,3)25-16(21)8-12(17(22)23-4)10-24-13-6-5-11-7-15(20)19-14(11)9-13/h5-6,9,12H,7-8,10H2,1-4H3,(H,19,20). The van der Waals surface area contributed by atoms with E-state index in [-0.39, 0.29) is 18.9 Å². The first-order valence-corrected chi connectivity index (χ1v) is 8.03. The Morgan fingerprint density at radius 3 is 2.64 bits per heavy atom. The van der Waals surface area contributed by atoms with Crippen LogP contribution in [0.5, 0.6) is 5.75 Å². The molecule has 0 radical (unpaired) electrons. The van der Waals surface area contributed by atoms with Gasteiger partial charge < -0.3 is 19.5 Å². The Labute approximate surface area is 146 Å². The number of hydrogen-bond donors (Lipinski definition) is 1. The maximum absolute atomic E-state index is 12.0.